The first-order valence-electron chi connectivity index (χ1n) is 6.28. The van der Waals surface area contributed by atoms with E-state index in [1.165, 1.54) is 0 Å². The van der Waals surface area contributed by atoms with Crippen molar-refractivity contribution >= 4 is 17.3 Å². The van der Waals surface area contributed by atoms with Gasteiger partial charge in [0.15, 0.2) is 11.6 Å². The van der Waals surface area contributed by atoms with E-state index in [-0.39, 0.29) is 23.4 Å². The summed E-state index contributed by atoms with van der Waals surface area (Å²) >= 11 is 0. The van der Waals surface area contributed by atoms with E-state index in [9.17, 15) is 9.59 Å². The molecule has 0 bridgehead atoms. The number of hydrogen-bond acceptors (Lipinski definition) is 3. The molecule has 3 heteroatoms. The maximum absolute atomic E-state index is 12.0. The van der Waals surface area contributed by atoms with E-state index in [2.05, 4.69) is 5.32 Å². The van der Waals surface area contributed by atoms with Crippen LogP contribution in [0.4, 0.5) is 5.69 Å². The number of hydrogen-bond donors (Lipinski definition) is 1. The normalized spacial score (nSPS) is 10.8. The van der Waals surface area contributed by atoms with Crippen LogP contribution in [0.1, 0.15) is 48.4 Å². The number of ketones is 2. The predicted octanol–water partition coefficient (Wildman–Crippen LogP) is 3.41. The van der Waals surface area contributed by atoms with E-state index in [0.717, 1.165) is 5.69 Å². The summed E-state index contributed by atoms with van der Waals surface area (Å²) in [7, 11) is 1.78. The zero-order chi connectivity index (χ0) is 13.9. The SMILES string of the molecule is CNc1cc(C(=O)C(C)C)cc(C(=O)C(C)C)c1. The summed E-state index contributed by atoms with van der Waals surface area (Å²) in [6.07, 6.45) is 0. The summed E-state index contributed by atoms with van der Waals surface area (Å²) < 4.78 is 0. The molecule has 1 aromatic rings. The van der Waals surface area contributed by atoms with Gasteiger partial charge >= 0.3 is 0 Å². The molecular weight excluding hydrogens is 226 g/mol. The Morgan fingerprint density at radius 2 is 1.28 bits per heavy atom. The lowest BCUT2D eigenvalue weighted by Gasteiger charge is -2.11. The number of carbonyl (C=O) groups is 2. The Hall–Kier alpha value is -1.64. The van der Waals surface area contributed by atoms with Crippen molar-refractivity contribution in [2.75, 3.05) is 12.4 Å². The molecule has 0 saturated carbocycles. The van der Waals surface area contributed by atoms with Crippen LogP contribution in [-0.4, -0.2) is 18.6 Å². The number of anilines is 1. The van der Waals surface area contributed by atoms with Crippen molar-refractivity contribution in [1.29, 1.82) is 0 Å². The molecule has 1 rings (SSSR count). The molecular formula is C15H21NO2. The van der Waals surface area contributed by atoms with Crippen molar-refractivity contribution in [2.24, 2.45) is 11.8 Å². The summed E-state index contributed by atoms with van der Waals surface area (Å²) in [6, 6.07) is 5.28. The number of Topliss-reactive ketones (excluding diaryl/α,β-unsaturated/α-hetero) is 2. The largest absolute Gasteiger partial charge is 0.388 e. The lowest BCUT2D eigenvalue weighted by molar-refractivity contribution is 0.0939. The van der Waals surface area contributed by atoms with E-state index in [0.29, 0.717) is 11.1 Å². The van der Waals surface area contributed by atoms with Gasteiger partial charge in [-0.3, -0.25) is 9.59 Å². The number of benzene rings is 1. The maximum Gasteiger partial charge on any atom is 0.165 e. The highest BCUT2D eigenvalue weighted by Gasteiger charge is 2.16. The van der Waals surface area contributed by atoms with Crippen LogP contribution in [-0.2, 0) is 0 Å². The molecule has 0 heterocycles. The second kappa shape index (κ2) is 5.80. The minimum absolute atomic E-state index is 0.0601. The van der Waals surface area contributed by atoms with Gasteiger partial charge in [-0.05, 0) is 18.2 Å². The molecule has 0 aliphatic carbocycles. The lowest BCUT2D eigenvalue weighted by Crippen LogP contribution is -2.12. The quantitative estimate of drug-likeness (QED) is 0.811. The second-order valence-corrected chi connectivity index (χ2v) is 5.09. The highest BCUT2D eigenvalue weighted by molar-refractivity contribution is 6.03. The molecule has 0 amide bonds. The van der Waals surface area contributed by atoms with Crippen molar-refractivity contribution in [1.82, 2.24) is 0 Å². The Bertz CT molecular complexity index is 423. The molecule has 0 aliphatic rings. The molecule has 98 valence electrons. The molecule has 18 heavy (non-hydrogen) atoms. The standard InChI is InChI=1S/C15H21NO2/c1-9(2)14(17)11-6-12(15(18)10(3)4)8-13(7-11)16-5/h6-10,16H,1-5H3. The van der Waals surface area contributed by atoms with Crippen molar-refractivity contribution in [2.45, 2.75) is 27.7 Å². The molecule has 3 nitrogen and oxygen atoms in total. The molecule has 0 aliphatic heterocycles. The van der Waals surface area contributed by atoms with Gasteiger partial charge in [0.25, 0.3) is 0 Å². The molecule has 0 fully saturated rings. The van der Waals surface area contributed by atoms with Crippen molar-refractivity contribution in [3.63, 3.8) is 0 Å². The highest BCUT2D eigenvalue weighted by Crippen LogP contribution is 2.20. The molecule has 0 saturated heterocycles. The van der Waals surface area contributed by atoms with Crippen molar-refractivity contribution in [3.05, 3.63) is 29.3 Å². The topological polar surface area (TPSA) is 46.2 Å². The molecule has 1 N–H and O–H groups in total. The first-order chi connectivity index (χ1) is 8.36. The van der Waals surface area contributed by atoms with Gasteiger partial charge in [-0.2, -0.15) is 0 Å². The smallest absolute Gasteiger partial charge is 0.165 e. The molecule has 0 aromatic heterocycles. The van der Waals surface area contributed by atoms with Gasteiger partial charge in [0.2, 0.25) is 0 Å². The van der Waals surface area contributed by atoms with Gasteiger partial charge in [0.05, 0.1) is 0 Å². The lowest BCUT2D eigenvalue weighted by atomic mass is 9.94. The van der Waals surface area contributed by atoms with Crippen molar-refractivity contribution < 1.29 is 9.59 Å². The summed E-state index contributed by atoms with van der Waals surface area (Å²) in [6.45, 7) is 7.44. The van der Waals surface area contributed by atoms with Gasteiger partial charge in [-0.25, -0.2) is 0 Å². The average molecular weight is 247 g/mol. The van der Waals surface area contributed by atoms with Gasteiger partial charge in [-0.1, -0.05) is 27.7 Å². The van der Waals surface area contributed by atoms with Gasteiger partial charge in [0.1, 0.15) is 0 Å². The summed E-state index contributed by atoms with van der Waals surface area (Å²) in [4.78, 5) is 24.0. The van der Waals surface area contributed by atoms with E-state index in [4.69, 9.17) is 0 Å². The first kappa shape index (κ1) is 14.4. The third-order valence-electron chi connectivity index (χ3n) is 2.84. The molecule has 0 radical (unpaired) electrons. The third kappa shape index (κ3) is 3.19. The molecule has 0 atom stereocenters. The average Bonchev–Trinajstić information content (AvgIpc) is 2.35. The number of rotatable bonds is 5. The van der Waals surface area contributed by atoms with Gasteiger partial charge in [0, 0.05) is 35.7 Å². The number of nitrogens with one attached hydrogen (secondary N) is 1. The third-order valence-corrected chi connectivity index (χ3v) is 2.84. The van der Waals surface area contributed by atoms with E-state index >= 15 is 0 Å². The van der Waals surface area contributed by atoms with Crippen LogP contribution < -0.4 is 5.32 Å². The van der Waals surface area contributed by atoms with Crippen LogP contribution in [0.3, 0.4) is 0 Å². The minimum Gasteiger partial charge on any atom is -0.388 e. The Morgan fingerprint density at radius 1 is 0.889 bits per heavy atom. The van der Waals surface area contributed by atoms with Gasteiger partial charge in [-0.15, -0.1) is 0 Å². The zero-order valence-electron chi connectivity index (χ0n) is 11.7. The minimum atomic E-state index is -0.0703. The highest BCUT2D eigenvalue weighted by atomic mass is 16.1. The van der Waals surface area contributed by atoms with Crippen LogP contribution in [0.5, 0.6) is 0 Å². The first-order valence-corrected chi connectivity index (χ1v) is 6.28. The summed E-state index contributed by atoms with van der Waals surface area (Å²) in [5.41, 5.74) is 1.99. The Balaban J connectivity index is 3.26. The Kier molecular flexibility index (Phi) is 4.65. The summed E-state index contributed by atoms with van der Waals surface area (Å²) in [5.74, 6) is -0.0203. The number of carbonyl (C=O) groups excluding carboxylic acids is 2. The molecule has 1 aromatic carbocycles. The van der Waals surface area contributed by atoms with E-state index in [1.54, 1.807) is 25.2 Å². The van der Waals surface area contributed by atoms with E-state index in [1.807, 2.05) is 27.7 Å². The van der Waals surface area contributed by atoms with Crippen LogP contribution in [0, 0.1) is 11.8 Å². The summed E-state index contributed by atoms with van der Waals surface area (Å²) in [5, 5.41) is 2.99. The monoisotopic (exact) mass is 247 g/mol. The van der Waals surface area contributed by atoms with Crippen molar-refractivity contribution in [3.8, 4) is 0 Å². The van der Waals surface area contributed by atoms with Crippen LogP contribution in [0.25, 0.3) is 0 Å². The Morgan fingerprint density at radius 3 is 1.56 bits per heavy atom. The van der Waals surface area contributed by atoms with Crippen LogP contribution in [0.2, 0.25) is 0 Å². The fraction of sp³-hybridized carbons (Fsp3) is 0.467. The predicted molar refractivity (Wildman–Crippen MR) is 74.3 cm³/mol. The van der Waals surface area contributed by atoms with E-state index < -0.39 is 0 Å². The van der Waals surface area contributed by atoms with Gasteiger partial charge < -0.3 is 5.32 Å². The van der Waals surface area contributed by atoms with Crippen LogP contribution in [0.15, 0.2) is 18.2 Å². The maximum atomic E-state index is 12.0. The fourth-order valence-corrected chi connectivity index (χ4v) is 1.72. The van der Waals surface area contributed by atoms with Crippen LogP contribution >= 0.6 is 0 Å². The fourth-order valence-electron chi connectivity index (χ4n) is 1.72. The second-order valence-electron chi connectivity index (χ2n) is 5.09. The molecule has 0 spiro atoms. The molecule has 0 unspecified atom stereocenters. The Labute approximate surface area is 109 Å². The zero-order valence-corrected chi connectivity index (χ0v) is 11.7.